The zero-order valence-corrected chi connectivity index (χ0v) is 16.2. The minimum absolute atomic E-state index is 0. The monoisotopic (exact) mass is 359 g/mol. The van der Waals surface area contributed by atoms with E-state index in [1.807, 2.05) is 18.2 Å². The topological polar surface area (TPSA) is 33.1 Å². The van der Waals surface area contributed by atoms with Gasteiger partial charge in [-0.2, -0.15) is 0 Å². The molecule has 1 aliphatic rings. The number of nitrogens with zero attached hydrogens (tertiary/aromatic N) is 1. The molecule has 1 fully saturated rings. The molecule has 4 heteroatoms. The van der Waals surface area contributed by atoms with Crippen LogP contribution in [0.3, 0.4) is 0 Å². The van der Waals surface area contributed by atoms with Crippen LogP contribution < -0.4 is 0 Å². The molecule has 0 saturated heterocycles. The Morgan fingerprint density at radius 3 is 2.36 bits per heavy atom. The van der Waals surface area contributed by atoms with Crippen LogP contribution in [0.4, 0.5) is 0 Å². The number of phenolic OH excluding ortho intramolecular Hbond substituents is 1. The standard InChI is InChI=1S/C18H17NOS.Zn/c20-15-9-3-1-7-13(15)18(11-5-6-12-18)17-19-14-8-2-4-10-16(14)21-17;/h1-4,7-10,20H,5-6,11-12H2;. The van der Waals surface area contributed by atoms with Gasteiger partial charge in [-0.1, -0.05) is 43.2 Å². The summed E-state index contributed by atoms with van der Waals surface area (Å²) in [5.74, 6) is 0.402. The van der Waals surface area contributed by atoms with Crippen molar-refractivity contribution in [2.75, 3.05) is 0 Å². The summed E-state index contributed by atoms with van der Waals surface area (Å²) < 4.78 is 1.23. The second-order valence-corrected chi connectivity index (χ2v) is 6.82. The van der Waals surface area contributed by atoms with Gasteiger partial charge in [0.2, 0.25) is 0 Å². The first-order valence-electron chi connectivity index (χ1n) is 7.44. The first-order valence-corrected chi connectivity index (χ1v) is 8.26. The van der Waals surface area contributed by atoms with Crippen molar-refractivity contribution >= 4 is 21.6 Å². The van der Waals surface area contributed by atoms with Gasteiger partial charge in [0.15, 0.2) is 0 Å². The zero-order chi connectivity index (χ0) is 14.3. The molecule has 22 heavy (non-hydrogen) atoms. The molecule has 108 valence electrons. The van der Waals surface area contributed by atoms with Crippen LogP contribution in [-0.2, 0) is 24.9 Å². The maximum Gasteiger partial charge on any atom is 0.119 e. The molecule has 0 amide bonds. The van der Waals surface area contributed by atoms with Gasteiger partial charge in [0.25, 0.3) is 0 Å². The minimum Gasteiger partial charge on any atom is -0.508 e. The zero-order valence-electron chi connectivity index (χ0n) is 12.5. The number of hydrogen-bond acceptors (Lipinski definition) is 3. The number of fused-ring (bicyclic) bond motifs is 1. The summed E-state index contributed by atoms with van der Waals surface area (Å²) in [6.45, 7) is 0. The molecule has 1 N–H and O–H groups in total. The smallest absolute Gasteiger partial charge is 0.119 e. The number of aromatic nitrogens is 1. The third-order valence-corrected chi connectivity index (χ3v) is 5.82. The Labute approximate surface area is 147 Å². The number of rotatable bonds is 2. The molecule has 0 radical (unpaired) electrons. The van der Waals surface area contributed by atoms with Crippen molar-refractivity contribution in [2.24, 2.45) is 0 Å². The van der Waals surface area contributed by atoms with Gasteiger partial charge in [0.1, 0.15) is 10.8 Å². The number of phenols is 1. The van der Waals surface area contributed by atoms with E-state index in [1.54, 1.807) is 17.4 Å². The molecule has 0 unspecified atom stereocenters. The predicted octanol–water partition coefficient (Wildman–Crippen LogP) is 4.86. The summed E-state index contributed by atoms with van der Waals surface area (Å²) in [7, 11) is 0. The van der Waals surface area contributed by atoms with Gasteiger partial charge in [-0.05, 0) is 31.0 Å². The number of para-hydroxylation sites is 2. The summed E-state index contributed by atoms with van der Waals surface area (Å²) in [4.78, 5) is 4.89. The summed E-state index contributed by atoms with van der Waals surface area (Å²) in [5.41, 5.74) is 2.01. The Balaban J connectivity index is 0.00000144. The Bertz CT molecular complexity index is 759. The van der Waals surface area contributed by atoms with Crippen LogP contribution in [0.2, 0.25) is 0 Å². The van der Waals surface area contributed by atoms with E-state index in [0.717, 1.165) is 28.9 Å². The van der Waals surface area contributed by atoms with Crippen molar-refractivity contribution in [3.05, 3.63) is 59.1 Å². The van der Waals surface area contributed by atoms with E-state index in [9.17, 15) is 5.11 Å². The molecule has 0 spiro atoms. The third-order valence-electron chi connectivity index (χ3n) is 4.58. The van der Waals surface area contributed by atoms with Crippen molar-refractivity contribution < 1.29 is 24.6 Å². The quantitative estimate of drug-likeness (QED) is 0.662. The molecule has 1 aromatic heterocycles. The van der Waals surface area contributed by atoms with E-state index < -0.39 is 0 Å². The Hall–Kier alpha value is -1.25. The molecule has 0 aliphatic heterocycles. The minimum atomic E-state index is -0.102. The molecule has 0 bridgehead atoms. The maximum atomic E-state index is 10.3. The molecule has 2 nitrogen and oxygen atoms in total. The SMILES string of the molecule is Oc1ccccc1C1(c2nc3ccccc3s2)CCCC1.[Zn]. The molecule has 4 rings (SSSR count). The molecular formula is C18H17NOSZn. The van der Waals surface area contributed by atoms with Crippen molar-refractivity contribution in [1.82, 2.24) is 4.98 Å². The molecular weight excluding hydrogens is 344 g/mol. The van der Waals surface area contributed by atoms with Gasteiger partial charge in [-0.3, -0.25) is 0 Å². The van der Waals surface area contributed by atoms with Crippen LogP contribution in [0, 0.1) is 0 Å². The van der Waals surface area contributed by atoms with Crippen LogP contribution in [0.25, 0.3) is 10.2 Å². The molecule has 1 saturated carbocycles. The van der Waals surface area contributed by atoms with Gasteiger partial charge in [0.05, 0.1) is 15.6 Å². The van der Waals surface area contributed by atoms with E-state index in [0.29, 0.717) is 5.75 Å². The van der Waals surface area contributed by atoms with Gasteiger partial charge < -0.3 is 5.11 Å². The number of hydrogen-bond donors (Lipinski definition) is 1. The van der Waals surface area contributed by atoms with Crippen molar-refractivity contribution in [3.63, 3.8) is 0 Å². The summed E-state index contributed by atoms with van der Waals surface area (Å²) in [6.07, 6.45) is 4.54. The van der Waals surface area contributed by atoms with Crippen LogP contribution in [0.1, 0.15) is 36.3 Å². The molecule has 3 aromatic rings. The van der Waals surface area contributed by atoms with E-state index in [4.69, 9.17) is 4.98 Å². The summed E-state index contributed by atoms with van der Waals surface area (Å²) in [5, 5.41) is 11.5. The fourth-order valence-electron chi connectivity index (χ4n) is 3.53. The number of thiazole rings is 1. The van der Waals surface area contributed by atoms with E-state index in [1.165, 1.54) is 17.5 Å². The normalized spacial score (nSPS) is 16.5. The largest absolute Gasteiger partial charge is 0.508 e. The van der Waals surface area contributed by atoms with Crippen molar-refractivity contribution in [1.29, 1.82) is 0 Å². The van der Waals surface area contributed by atoms with E-state index in [-0.39, 0.29) is 24.9 Å². The Morgan fingerprint density at radius 1 is 0.955 bits per heavy atom. The Morgan fingerprint density at radius 2 is 1.64 bits per heavy atom. The fraction of sp³-hybridized carbons (Fsp3) is 0.278. The van der Waals surface area contributed by atoms with Crippen LogP contribution in [0.5, 0.6) is 5.75 Å². The van der Waals surface area contributed by atoms with Crippen molar-refractivity contribution in [3.8, 4) is 5.75 Å². The second-order valence-electron chi connectivity index (χ2n) is 5.79. The number of benzene rings is 2. The average molecular weight is 361 g/mol. The van der Waals surface area contributed by atoms with Crippen LogP contribution in [-0.4, -0.2) is 10.1 Å². The number of aromatic hydroxyl groups is 1. The van der Waals surface area contributed by atoms with E-state index >= 15 is 0 Å². The third kappa shape index (κ3) is 2.39. The van der Waals surface area contributed by atoms with Gasteiger partial charge in [-0.25, -0.2) is 4.98 Å². The van der Waals surface area contributed by atoms with Crippen LogP contribution >= 0.6 is 11.3 Å². The second kappa shape index (κ2) is 6.10. The molecule has 0 atom stereocenters. The molecule has 1 aliphatic carbocycles. The van der Waals surface area contributed by atoms with Gasteiger partial charge in [0, 0.05) is 25.0 Å². The molecule has 2 aromatic carbocycles. The predicted molar refractivity (Wildman–Crippen MR) is 87.0 cm³/mol. The van der Waals surface area contributed by atoms with Crippen molar-refractivity contribution in [2.45, 2.75) is 31.1 Å². The first kappa shape index (κ1) is 15.6. The van der Waals surface area contributed by atoms with Gasteiger partial charge >= 0.3 is 0 Å². The molecule has 1 heterocycles. The van der Waals surface area contributed by atoms with E-state index in [2.05, 4.69) is 24.3 Å². The fourth-order valence-corrected chi connectivity index (χ4v) is 4.76. The van der Waals surface area contributed by atoms with Crippen LogP contribution in [0.15, 0.2) is 48.5 Å². The summed E-state index contributed by atoms with van der Waals surface area (Å²) >= 11 is 1.77. The van der Waals surface area contributed by atoms with Gasteiger partial charge in [-0.15, -0.1) is 11.3 Å². The Kier molecular flexibility index (Phi) is 4.34. The average Bonchev–Trinajstić information content (AvgIpc) is 3.15. The first-order chi connectivity index (χ1) is 10.3. The maximum absolute atomic E-state index is 10.3. The summed E-state index contributed by atoms with van der Waals surface area (Å²) in [6, 6.07) is 16.1.